The summed E-state index contributed by atoms with van der Waals surface area (Å²) in [4.78, 5) is 14.6. The molecule has 0 spiro atoms. The van der Waals surface area contributed by atoms with Gasteiger partial charge < -0.3 is 4.74 Å². The van der Waals surface area contributed by atoms with E-state index in [0.717, 1.165) is 22.6 Å². The Hall–Kier alpha value is -1.61. The maximum Gasteiger partial charge on any atom is 0.180 e. The zero-order valence-corrected chi connectivity index (χ0v) is 11.0. The third-order valence-corrected chi connectivity index (χ3v) is 4.27. The molecule has 2 heterocycles. The monoisotopic (exact) mass is 258 g/mol. The van der Waals surface area contributed by atoms with Crippen molar-refractivity contribution in [2.45, 2.75) is 19.3 Å². The number of para-hydroxylation sites is 1. The lowest BCUT2D eigenvalue weighted by Gasteiger charge is -2.24. The van der Waals surface area contributed by atoms with E-state index in [4.69, 9.17) is 4.74 Å². The SMILES string of the molecule is Cc1ccc(C(=O)C2CCOc3ccccc32)s1. The molecule has 1 unspecified atom stereocenters. The molecule has 3 heteroatoms. The van der Waals surface area contributed by atoms with Gasteiger partial charge in [0.1, 0.15) is 5.75 Å². The summed E-state index contributed by atoms with van der Waals surface area (Å²) in [5.41, 5.74) is 1.03. The van der Waals surface area contributed by atoms with Crippen molar-refractivity contribution in [3.05, 3.63) is 51.7 Å². The number of hydrogen-bond donors (Lipinski definition) is 0. The molecule has 0 saturated heterocycles. The van der Waals surface area contributed by atoms with Gasteiger partial charge in [-0.05, 0) is 31.5 Å². The van der Waals surface area contributed by atoms with Gasteiger partial charge in [0.2, 0.25) is 0 Å². The van der Waals surface area contributed by atoms with Crippen LogP contribution in [-0.2, 0) is 0 Å². The average molecular weight is 258 g/mol. The second kappa shape index (κ2) is 4.58. The van der Waals surface area contributed by atoms with Gasteiger partial charge in [-0.3, -0.25) is 4.79 Å². The lowest BCUT2D eigenvalue weighted by molar-refractivity contribution is 0.0937. The van der Waals surface area contributed by atoms with Crippen molar-refractivity contribution < 1.29 is 9.53 Å². The van der Waals surface area contributed by atoms with Gasteiger partial charge in [0.05, 0.1) is 17.4 Å². The van der Waals surface area contributed by atoms with E-state index in [1.165, 1.54) is 4.88 Å². The normalized spacial score (nSPS) is 17.9. The lowest BCUT2D eigenvalue weighted by atomic mass is 9.89. The number of carbonyl (C=O) groups is 1. The van der Waals surface area contributed by atoms with Crippen LogP contribution < -0.4 is 4.74 Å². The second-order valence-electron chi connectivity index (χ2n) is 4.50. The molecule has 0 aliphatic carbocycles. The summed E-state index contributed by atoms with van der Waals surface area (Å²) in [5.74, 6) is 1.03. The minimum Gasteiger partial charge on any atom is -0.493 e. The first-order valence-electron chi connectivity index (χ1n) is 6.08. The zero-order valence-electron chi connectivity index (χ0n) is 10.2. The number of hydrogen-bond acceptors (Lipinski definition) is 3. The van der Waals surface area contributed by atoms with Crippen molar-refractivity contribution >= 4 is 17.1 Å². The van der Waals surface area contributed by atoms with Crippen molar-refractivity contribution in [3.63, 3.8) is 0 Å². The summed E-state index contributed by atoms with van der Waals surface area (Å²) in [6, 6.07) is 11.8. The second-order valence-corrected chi connectivity index (χ2v) is 5.79. The summed E-state index contributed by atoms with van der Waals surface area (Å²) in [6.07, 6.45) is 0.771. The predicted molar refractivity (Wildman–Crippen MR) is 72.7 cm³/mol. The molecular weight excluding hydrogens is 244 g/mol. The van der Waals surface area contributed by atoms with Gasteiger partial charge in [0.15, 0.2) is 5.78 Å². The predicted octanol–water partition coefficient (Wildman–Crippen LogP) is 3.81. The molecule has 0 fully saturated rings. The number of Topliss-reactive ketones (excluding diaryl/α,β-unsaturated/α-hetero) is 1. The number of benzene rings is 1. The Balaban J connectivity index is 1.96. The summed E-state index contributed by atoms with van der Waals surface area (Å²) < 4.78 is 5.60. The van der Waals surface area contributed by atoms with Crippen LogP contribution in [0, 0.1) is 6.92 Å². The first-order valence-corrected chi connectivity index (χ1v) is 6.90. The van der Waals surface area contributed by atoms with Crippen LogP contribution in [0.3, 0.4) is 0 Å². The molecule has 0 amide bonds. The molecule has 3 rings (SSSR count). The summed E-state index contributed by atoms with van der Waals surface area (Å²) in [5, 5.41) is 0. The fraction of sp³-hybridized carbons (Fsp3) is 0.267. The number of thiophene rings is 1. The van der Waals surface area contributed by atoms with E-state index in [1.807, 2.05) is 43.3 Å². The maximum atomic E-state index is 12.5. The molecule has 0 bridgehead atoms. The summed E-state index contributed by atoms with van der Waals surface area (Å²) in [6.45, 7) is 2.65. The molecule has 0 N–H and O–H groups in total. The number of fused-ring (bicyclic) bond motifs is 1. The molecule has 18 heavy (non-hydrogen) atoms. The molecule has 1 atom stereocenters. The molecule has 1 aliphatic rings. The van der Waals surface area contributed by atoms with Crippen LogP contribution in [0.1, 0.15) is 32.5 Å². The molecule has 92 valence electrons. The van der Waals surface area contributed by atoms with Crippen molar-refractivity contribution in [3.8, 4) is 5.75 Å². The Morgan fingerprint density at radius 2 is 2.11 bits per heavy atom. The topological polar surface area (TPSA) is 26.3 Å². The number of aryl methyl sites for hydroxylation is 1. The molecule has 0 saturated carbocycles. The Morgan fingerprint density at radius 1 is 1.28 bits per heavy atom. The fourth-order valence-corrected chi connectivity index (χ4v) is 3.21. The van der Waals surface area contributed by atoms with Crippen molar-refractivity contribution in [2.75, 3.05) is 6.61 Å². The van der Waals surface area contributed by atoms with Gasteiger partial charge in [0, 0.05) is 10.4 Å². The Morgan fingerprint density at radius 3 is 2.89 bits per heavy atom. The lowest BCUT2D eigenvalue weighted by Crippen LogP contribution is -2.20. The number of carbonyl (C=O) groups excluding carboxylic acids is 1. The van der Waals surface area contributed by atoms with E-state index in [2.05, 4.69) is 0 Å². The minimum absolute atomic E-state index is 0.0481. The van der Waals surface area contributed by atoms with Gasteiger partial charge in [0.25, 0.3) is 0 Å². The molecular formula is C15H14O2S. The van der Waals surface area contributed by atoms with Crippen LogP contribution >= 0.6 is 11.3 Å². The highest BCUT2D eigenvalue weighted by molar-refractivity contribution is 7.14. The van der Waals surface area contributed by atoms with E-state index in [9.17, 15) is 4.79 Å². The van der Waals surface area contributed by atoms with Crippen LogP contribution in [0.2, 0.25) is 0 Å². The summed E-state index contributed by atoms with van der Waals surface area (Å²) in [7, 11) is 0. The van der Waals surface area contributed by atoms with Crippen LogP contribution in [0.15, 0.2) is 36.4 Å². The van der Waals surface area contributed by atoms with E-state index in [-0.39, 0.29) is 11.7 Å². The van der Waals surface area contributed by atoms with Gasteiger partial charge in [-0.2, -0.15) is 0 Å². The van der Waals surface area contributed by atoms with Crippen molar-refractivity contribution in [1.29, 1.82) is 0 Å². The van der Waals surface area contributed by atoms with Crippen LogP contribution in [0.4, 0.5) is 0 Å². The van der Waals surface area contributed by atoms with Gasteiger partial charge in [-0.25, -0.2) is 0 Å². The zero-order chi connectivity index (χ0) is 12.5. The first kappa shape index (κ1) is 11.5. The molecule has 0 radical (unpaired) electrons. The molecule has 1 aromatic heterocycles. The fourth-order valence-electron chi connectivity index (χ4n) is 2.35. The highest BCUT2D eigenvalue weighted by Crippen LogP contribution is 2.36. The Labute approximate surface area is 110 Å². The molecule has 1 aliphatic heterocycles. The molecule has 2 nitrogen and oxygen atoms in total. The molecule has 1 aromatic carbocycles. The number of rotatable bonds is 2. The van der Waals surface area contributed by atoms with Gasteiger partial charge in [-0.1, -0.05) is 18.2 Å². The highest BCUT2D eigenvalue weighted by Gasteiger charge is 2.28. The Kier molecular flexibility index (Phi) is 2.92. The standard InChI is InChI=1S/C15H14O2S/c1-10-6-7-14(18-10)15(16)12-8-9-17-13-5-3-2-4-11(12)13/h2-7,12H,8-9H2,1H3. The van der Waals surface area contributed by atoms with Crippen LogP contribution in [0.25, 0.3) is 0 Å². The minimum atomic E-state index is -0.0481. The Bertz CT molecular complexity index is 586. The number of ether oxygens (including phenoxy) is 1. The summed E-state index contributed by atoms with van der Waals surface area (Å²) >= 11 is 1.57. The quantitative estimate of drug-likeness (QED) is 0.766. The largest absolute Gasteiger partial charge is 0.493 e. The van der Waals surface area contributed by atoms with E-state index >= 15 is 0 Å². The number of ketones is 1. The van der Waals surface area contributed by atoms with E-state index in [1.54, 1.807) is 11.3 Å². The van der Waals surface area contributed by atoms with E-state index in [0.29, 0.717) is 6.61 Å². The van der Waals surface area contributed by atoms with E-state index < -0.39 is 0 Å². The average Bonchev–Trinajstić information content (AvgIpc) is 2.84. The van der Waals surface area contributed by atoms with Gasteiger partial charge >= 0.3 is 0 Å². The van der Waals surface area contributed by atoms with Crippen LogP contribution in [0.5, 0.6) is 5.75 Å². The maximum absolute atomic E-state index is 12.5. The first-order chi connectivity index (χ1) is 8.75. The van der Waals surface area contributed by atoms with Crippen molar-refractivity contribution in [1.82, 2.24) is 0 Å². The van der Waals surface area contributed by atoms with Crippen LogP contribution in [-0.4, -0.2) is 12.4 Å². The smallest absolute Gasteiger partial charge is 0.180 e. The third-order valence-electron chi connectivity index (χ3n) is 3.26. The highest BCUT2D eigenvalue weighted by atomic mass is 32.1. The third kappa shape index (κ3) is 1.95. The molecule has 2 aromatic rings. The van der Waals surface area contributed by atoms with Gasteiger partial charge in [-0.15, -0.1) is 11.3 Å². The van der Waals surface area contributed by atoms with Crippen molar-refractivity contribution in [2.24, 2.45) is 0 Å².